The first-order valence-electron chi connectivity index (χ1n) is 6.29. The fraction of sp³-hybridized carbons (Fsp3) is 0.462. The molecule has 1 aliphatic heterocycles. The molecule has 4 nitrogen and oxygen atoms in total. The minimum atomic E-state index is 0.411. The monoisotopic (exact) mass is 425 g/mol. The van der Waals surface area contributed by atoms with Crippen molar-refractivity contribution in [3.63, 3.8) is 0 Å². The summed E-state index contributed by atoms with van der Waals surface area (Å²) in [6.07, 6.45) is 0. The van der Waals surface area contributed by atoms with Gasteiger partial charge in [-0.1, -0.05) is 25.4 Å². The van der Waals surface area contributed by atoms with Crippen molar-refractivity contribution in [2.24, 2.45) is 0 Å². The Morgan fingerprint density at radius 1 is 1.45 bits per heavy atom. The van der Waals surface area contributed by atoms with Gasteiger partial charge in [-0.3, -0.25) is 0 Å². The molecule has 110 valence electrons. The third-order valence-electron chi connectivity index (χ3n) is 2.57. The van der Waals surface area contributed by atoms with E-state index in [-0.39, 0.29) is 0 Å². The maximum Gasteiger partial charge on any atom is 0.140 e. The molecule has 0 saturated carbocycles. The maximum absolute atomic E-state index is 6.11. The predicted octanol–water partition coefficient (Wildman–Crippen LogP) is 3.57. The molecule has 20 heavy (non-hydrogen) atoms. The summed E-state index contributed by atoms with van der Waals surface area (Å²) >= 11 is 8.12. The third kappa shape index (κ3) is 4.88. The maximum atomic E-state index is 6.11. The second-order valence-corrected chi connectivity index (χ2v) is 5.70. The van der Waals surface area contributed by atoms with Crippen LogP contribution in [0.4, 0.5) is 11.4 Å². The summed E-state index contributed by atoms with van der Waals surface area (Å²) in [4.78, 5) is 6.31. The van der Waals surface area contributed by atoms with Gasteiger partial charge in [0.25, 0.3) is 0 Å². The highest BCUT2D eigenvalue weighted by atomic mass is 127. The largest absolute Gasteiger partial charge is 0.395 e. The zero-order chi connectivity index (χ0) is 15.0. The summed E-state index contributed by atoms with van der Waals surface area (Å²) < 4.78 is 5.32. The number of nitrogens with two attached hydrogens (primary N) is 1. The van der Waals surface area contributed by atoms with Gasteiger partial charge in [0.15, 0.2) is 0 Å². The first kappa shape index (κ1) is 17.7. The number of anilines is 2. The van der Waals surface area contributed by atoms with Crippen LogP contribution < -0.4 is 10.6 Å². The molecule has 1 aliphatic rings. The number of morpholine rings is 1. The minimum Gasteiger partial charge on any atom is -0.395 e. The highest BCUT2D eigenvalue weighted by Gasteiger charge is 2.17. The van der Waals surface area contributed by atoms with E-state index in [1.165, 1.54) is 8.93 Å². The van der Waals surface area contributed by atoms with Gasteiger partial charge < -0.3 is 15.4 Å². The van der Waals surface area contributed by atoms with Crippen LogP contribution in [0, 0.1) is 11.2 Å². The molecule has 0 aromatic carbocycles. The summed E-state index contributed by atoms with van der Waals surface area (Å²) in [6, 6.07) is 1.78. The normalized spacial score (nSPS) is 13.9. The standard InChI is InChI=1S/C11H11ClIN3OS.C2H6/c12-10-7-9(16-2-4-17-5-3-16)11(14)8(15-10)1-6-18-13;1-2/h7H,2-5,14H2;1-2H3. The molecule has 2 N–H and O–H groups in total. The first-order chi connectivity index (χ1) is 9.72. The third-order valence-corrected chi connectivity index (χ3v) is 3.60. The van der Waals surface area contributed by atoms with Crippen molar-refractivity contribution < 1.29 is 4.74 Å². The molecule has 0 aliphatic carbocycles. The molecular formula is C13H17ClIN3OS. The van der Waals surface area contributed by atoms with Crippen molar-refractivity contribution in [3.8, 4) is 11.2 Å². The summed E-state index contributed by atoms with van der Waals surface area (Å²) in [7, 11) is 1.39. The molecule has 1 aromatic heterocycles. The fourth-order valence-corrected chi connectivity index (χ4v) is 2.39. The minimum absolute atomic E-state index is 0.411. The smallest absolute Gasteiger partial charge is 0.140 e. The molecule has 0 bridgehead atoms. The van der Waals surface area contributed by atoms with Gasteiger partial charge in [0.2, 0.25) is 0 Å². The van der Waals surface area contributed by atoms with Crippen molar-refractivity contribution in [2.45, 2.75) is 13.8 Å². The summed E-state index contributed by atoms with van der Waals surface area (Å²) in [5, 5.41) is 3.28. The highest BCUT2D eigenvalue weighted by Crippen LogP contribution is 2.29. The van der Waals surface area contributed by atoms with Crippen molar-refractivity contribution in [3.05, 3.63) is 16.9 Å². The number of nitrogen functional groups attached to an aromatic ring is 1. The molecule has 1 saturated heterocycles. The lowest BCUT2D eigenvalue weighted by Crippen LogP contribution is -2.36. The van der Waals surface area contributed by atoms with Gasteiger partial charge in [-0.25, -0.2) is 4.98 Å². The van der Waals surface area contributed by atoms with Crippen molar-refractivity contribution >= 4 is 53.1 Å². The predicted molar refractivity (Wildman–Crippen MR) is 96.5 cm³/mol. The van der Waals surface area contributed by atoms with Gasteiger partial charge >= 0.3 is 0 Å². The zero-order valence-corrected chi connectivity index (χ0v) is 15.2. The van der Waals surface area contributed by atoms with Gasteiger partial charge in [0.05, 0.1) is 24.6 Å². The number of pyridine rings is 1. The van der Waals surface area contributed by atoms with E-state index in [1.54, 1.807) is 6.07 Å². The Kier molecular flexibility index (Phi) is 8.45. The van der Waals surface area contributed by atoms with Gasteiger partial charge in [-0.05, 0) is 20.1 Å². The summed E-state index contributed by atoms with van der Waals surface area (Å²) in [5.41, 5.74) is 8.11. The van der Waals surface area contributed by atoms with E-state index in [9.17, 15) is 0 Å². The van der Waals surface area contributed by atoms with Gasteiger partial charge in [-0.15, -0.1) is 0 Å². The SMILES string of the molecule is CC.Nc1c(N2CCOCC2)cc(Cl)nc1C#CSI. The molecule has 1 fully saturated rings. The summed E-state index contributed by atoms with van der Waals surface area (Å²) in [6.45, 7) is 7.00. The van der Waals surface area contributed by atoms with Crippen LogP contribution in [-0.2, 0) is 4.74 Å². The first-order valence-corrected chi connectivity index (χ1v) is 10.0. The van der Waals surface area contributed by atoms with E-state index in [4.69, 9.17) is 22.1 Å². The van der Waals surface area contributed by atoms with Crippen molar-refractivity contribution in [1.29, 1.82) is 0 Å². The number of hydrogen-bond acceptors (Lipinski definition) is 5. The second-order valence-electron chi connectivity index (χ2n) is 3.63. The topological polar surface area (TPSA) is 51.4 Å². The second kappa shape index (κ2) is 9.55. The van der Waals surface area contributed by atoms with Crippen LogP contribution in [0.3, 0.4) is 0 Å². The van der Waals surface area contributed by atoms with Crippen LogP contribution >= 0.6 is 41.7 Å². The zero-order valence-electron chi connectivity index (χ0n) is 11.4. The molecule has 0 radical (unpaired) electrons. The van der Waals surface area contributed by atoms with E-state index in [0.717, 1.165) is 18.8 Å². The number of ether oxygens (including phenoxy) is 1. The van der Waals surface area contributed by atoms with E-state index in [2.05, 4.69) is 42.3 Å². The number of nitrogens with zero attached hydrogens (tertiary/aromatic N) is 2. The Labute approximate surface area is 141 Å². The Balaban J connectivity index is 0.000000956. The number of halogens is 2. The number of hydrogen-bond donors (Lipinski definition) is 1. The molecule has 0 amide bonds. The Bertz CT molecular complexity index is 498. The summed E-state index contributed by atoms with van der Waals surface area (Å²) in [5.74, 6) is 2.91. The van der Waals surface area contributed by atoms with Crippen LogP contribution in [0.1, 0.15) is 19.5 Å². The lowest BCUT2D eigenvalue weighted by atomic mass is 10.2. The molecule has 2 heterocycles. The van der Waals surface area contributed by atoms with E-state index in [1.807, 2.05) is 13.8 Å². The molecule has 0 unspecified atom stereocenters. The van der Waals surface area contributed by atoms with Crippen LogP contribution in [-0.4, -0.2) is 31.3 Å². The molecule has 2 rings (SSSR count). The molecular weight excluding hydrogens is 409 g/mol. The average molecular weight is 426 g/mol. The van der Waals surface area contributed by atoms with Gasteiger partial charge in [0, 0.05) is 40.4 Å². The molecule has 7 heteroatoms. The van der Waals surface area contributed by atoms with Crippen LogP contribution in [0.25, 0.3) is 0 Å². The average Bonchev–Trinajstić information content (AvgIpc) is 2.50. The van der Waals surface area contributed by atoms with Crippen molar-refractivity contribution in [2.75, 3.05) is 36.9 Å². The van der Waals surface area contributed by atoms with Gasteiger partial charge in [-0.2, -0.15) is 0 Å². The van der Waals surface area contributed by atoms with Gasteiger partial charge in [0.1, 0.15) is 10.8 Å². The van der Waals surface area contributed by atoms with Crippen molar-refractivity contribution in [1.82, 2.24) is 4.98 Å². The van der Waals surface area contributed by atoms with E-state index < -0.39 is 0 Å². The lowest BCUT2D eigenvalue weighted by Gasteiger charge is -2.30. The number of aromatic nitrogens is 1. The Morgan fingerprint density at radius 2 is 2.10 bits per heavy atom. The quantitative estimate of drug-likeness (QED) is 0.423. The van der Waals surface area contributed by atoms with Crippen LogP contribution in [0.5, 0.6) is 0 Å². The lowest BCUT2D eigenvalue weighted by molar-refractivity contribution is 0.123. The van der Waals surface area contributed by atoms with Crippen LogP contribution in [0.15, 0.2) is 6.07 Å². The highest BCUT2D eigenvalue weighted by molar-refractivity contribution is 14.2. The van der Waals surface area contributed by atoms with E-state index >= 15 is 0 Å². The molecule has 1 aromatic rings. The van der Waals surface area contributed by atoms with Crippen LogP contribution in [0.2, 0.25) is 5.15 Å². The Morgan fingerprint density at radius 3 is 2.70 bits per heavy atom. The molecule has 0 atom stereocenters. The Hall–Kier alpha value is -0.360. The molecule has 0 spiro atoms. The number of rotatable bonds is 1. The fourth-order valence-electron chi connectivity index (χ4n) is 1.74. The van der Waals surface area contributed by atoms with E-state index in [0.29, 0.717) is 29.7 Å².